The molecule has 214 valence electrons. The summed E-state index contributed by atoms with van der Waals surface area (Å²) in [5, 5.41) is 18.3. The molecule has 5 rings (SSSR count). The molecule has 1 aromatic heterocycles. The molecule has 1 saturated heterocycles. The van der Waals surface area contributed by atoms with E-state index in [1.165, 1.54) is 0 Å². The van der Waals surface area contributed by atoms with Crippen molar-refractivity contribution in [2.75, 3.05) is 18.4 Å². The van der Waals surface area contributed by atoms with Crippen molar-refractivity contribution in [3.05, 3.63) is 77.3 Å². The van der Waals surface area contributed by atoms with Crippen LogP contribution in [0.15, 0.2) is 71.3 Å². The van der Waals surface area contributed by atoms with Crippen LogP contribution in [-0.4, -0.2) is 44.7 Å². The highest BCUT2D eigenvalue weighted by atomic mass is 35.5. The van der Waals surface area contributed by atoms with Gasteiger partial charge < -0.3 is 14.9 Å². The Morgan fingerprint density at radius 1 is 1.02 bits per heavy atom. The van der Waals surface area contributed by atoms with Gasteiger partial charge in [0.2, 0.25) is 5.82 Å². The molecule has 2 N–H and O–H groups in total. The largest absolute Gasteiger partial charge is 0.481 e. The van der Waals surface area contributed by atoms with Gasteiger partial charge in [-0.15, -0.1) is 0 Å². The molecule has 7 nitrogen and oxygen atoms in total. The Kier molecular flexibility index (Phi) is 8.20. The fourth-order valence-electron chi connectivity index (χ4n) is 5.43. The van der Waals surface area contributed by atoms with Crippen LogP contribution in [0.2, 0.25) is 5.02 Å². The van der Waals surface area contributed by atoms with Crippen LogP contribution in [0, 0.1) is 5.41 Å². The standard InChI is InChI=1S/C33H37ClN4O3/c1-5-33(31(39)40)15-17-38(18-16-33)21-25-12-11-23(20-28(25)36-32(2,3)4)29-35-30(41-37-29)24-13-14-26(27(34)19-24)22-9-7-6-8-10-22/h6-14,19-20,36H,5,15-18,21H2,1-4H3,(H,39,40). The van der Waals surface area contributed by atoms with Gasteiger partial charge in [-0.25, -0.2) is 0 Å². The quantitative estimate of drug-likeness (QED) is 0.221. The van der Waals surface area contributed by atoms with Crippen molar-refractivity contribution in [2.45, 2.75) is 59.0 Å². The minimum Gasteiger partial charge on any atom is -0.481 e. The van der Waals surface area contributed by atoms with Gasteiger partial charge in [-0.1, -0.05) is 72.2 Å². The molecule has 0 bridgehead atoms. The molecule has 0 aliphatic carbocycles. The number of nitrogens with one attached hydrogen (secondary N) is 1. The highest BCUT2D eigenvalue weighted by Crippen LogP contribution is 2.37. The van der Waals surface area contributed by atoms with Gasteiger partial charge in [-0.3, -0.25) is 9.69 Å². The smallest absolute Gasteiger partial charge is 0.309 e. The van der Waals surface area contributed by atoms with Gasteiger partial charge in [-0.2, -0.15) is 4.98 Å². The molecular formula is C33H37ClN4O3. The van der Waals surface area contributed by atoms with Gasteiger partial charge in [0, 0.05) is 39.5 Å². The van der Waals surface area contributed by atoms with E-state index in [0.29, 0.717) is 36.0 Å². The predicted molar refractivity (Wildman–Crippen MR) is 164 cm³/mol. The zero-order valence-electron chi connectivity index (χ0n) is 24.1. The van der Waals surface area contributed by atoms with Crippen molar-refractivity contribution in [3.63, 3.8) is 0 Å². The lowest BCUT2D eigenvalue weighted by atomic mass is 9.76. The molecule has 1 aliphatic rings. The normalized spacial score (nSPS) is 15.5. The number of rotatable bonds is 8. The van der Waals surface area contributed by atoms with E-state index in [0.717, 1.165) is 53.1 Å². The van der Waals surface area contributed by atoms with Crippen molar-refractivity contribution < 1.29 is 14.4 Å². The van der Waals surface area contributed by atoms with Gasteiger partial charge in [0.05, 0.1) is 5.41 Å². The molecular weight excluding hydrogens is 536 g/mol. The number of aliphatic carboxylic acids is 1. The molecule has 0 spiro atoms. The second-order valence-corrected chi connectivity index (χ2v) is 12.4. The summed E-state index contributed by atoms with van der Waals surface area (Å²) < 4.78 is 5.65. The summed E-state index contributed by atoms with van der Waals surface area (Å²) >= 11 is 6.63. The Morgan fingerprint density at radius 2 is 1.73 bits per heavy atom. The first-order valence-electron chi connectivity index (χ1n) is 14.1. The van der Waals surface area contributed by atoms with Crippen LogP contribution in [0.3, 0.4) is 0 Å². The molecule has 0 saturated carbocycles. The van der Waals surface area contributed by atoms with E-state index in [2.05, 4.69) is 53.3 Å². The van der Waals surface area contributed by atoms with Gasteiger partial charge >= 0.3 is 5.97 Å². The summed E-state index contributed by atoms with van der Waals surface area (Å²) in [6.45, 7) is 10.6. The third kappa shape index (κ3) is 6.47. The van der Waals surface area contributed by atoms with E-state index in [-0.39, 0.29) is 5.54 Å². The zero-order chi connectivity index (χ0) is 29.2. The summed E-state index contributed by atoms with van der Waals surface area (Å²) in [6.07, 6.45) is 2.00. The number of aromatic nitrogens is 2. The number of benzene rings is 3. The van der Waals surface area contributed by atoms with Crippen LogP contribution < -0.4 is 5.32 Å². The number of nitrogens with zero attached hydrogens (tertiary/aromatic N) is 3. The fraction of sp³-hybridized carbons (Fsp3) is 0.364. The SMILES string of the molecule is CCC1(C(=O)O)CCN(Cc2ccc(-c3noc(-c4ccc(-c5ccccc5)c(Cl)c4)n3)cc2NC(C)(C)C)CC1. The first-order chi connectivity index (χ1) is 19.6. The molecule has 0 radical (unpaired) electrons. The number of carbonyl (C=O) groups is 1. The van der Waals surface area contributed by atoms with E-state index in [1.54, 1.807) is 0 Å². The summed E-state index contributed by atoms with van der Waals surface area (Å²) in [5.74, 6) is 0.231. The van der Waals surface area contributed by atoms with Crippen molar-refractivity contribution >= 4 is 23.3 Å². The molecule has 0 amide bonds. The zero-order valence-corrected chi connectivity index (χ0v) is 24.8. The first kappa shape index (κ1) is 28.8. The Balaban J connectivity index is 1.37. The van der Waals surface area contributed by atoms with E-state index < -0.39 is 11.4 Å². The highest BCUT2D eigenvalue weighted by molar-refractivity contribution is 6.33. The van der Waals surface area contributed by atoms with E-state index in [9.17, 15) is 9.90 Å². The van der Waals surface area contributed by atoms with Crippen LogP contribution in [0.25, 0.3) is 34.0 Å². The maximum atomic E-state index is 11.9. The number of piperidine rings is 1. The third-order valence-corrected chi connectivity index (χ3v) is 8.25. The Hall–Kier alpha value is -3.68. The summed E-state index contributed by atoms with van der Waals surface area (Å²) in [6, 6.07) is 22.0. The molecule has 2 heterocycles. The van der Waals surface area contributed by atoms with Crippen LogP contribution >= 0.6 is 11.6 Å². The highest BCUT2D eigenvalue weighted by Gasteiger charge is 2.39. The number of likely N-dealkylation sites (tertiary alicyclic amines) is 1. The predicted octanol–water partition coefficient (Wildman–Crippen LogP) is 8.01. The van der Waals surface area contributed by atoms with Gasteiger partial charge in [0.15, 0.2) is 0 Å². The molecule has 0 atom stereocenters. The van der Waals surface area contributed by atoms with Crippen LogP contribution in [0.4, 0.5) is 5.69 Å². The Bertz CT molecular complexity index is 1520. The summed E-state index contributed by atoms with van der Waals surface area (Å²) in [7, 11) is 0. The van der Waals surface area contributed by atoms with E-state index in [4.69, 9.17) is 16.1 Å². The molecule has 1 aliphatic heterocycles. The molecule has 4 aromatic rings. The Morgan fingerprint density at radius 3 is 2.37 bits per heavy atom. The lowest BCUT2D eigenvalue weighted by Crippen LogP contribution is -2.43. The molecule has 0 unspecified atom stereocenters. The molecule has 8 heteroatoms. The second kappa shape index (κ2) is 11.7. The number of carboxylic acids is 1. The van der Waals surface area contributed by atoms with Crippen molar-refractivity contribution in [3.8, 4) is 34.0 Å². The monoisotopic (exact) mass is 572 g/mol. The first-order valence-corrected chi connectivity index (χ1v) is 14.5. The van der Waals surface area contributed by atoms with E-state index >= 15 is 0 Å². The molecule has 3 aromatic carbocycles. The van der Waals surface area contributed by atoms with Crippen molar-refractivity contribution in [1.82, 2.24) is 15.0 Å². The number of anilines is 1. The fourth-order valence-corrected chi connectivity index (χ4v) is 5.72. The maximum Gasteiger partial charge on any atom is 0.309 e. The van der Waals surface area contributed by atoms with E-state index in [1.807, 2.05) is 61.5 Å². The summed E-state index contributed by atoms with van der Waals surface area (Å²) in [5.41, 5.74) is 4.98. The summed E-state index contributed by atoms with van der Waals surface area (Å²) in [4.78, 5) is 18.9. The lowest BCUT2D eigenvalue weighted by molar-refractivity contribution is -0.152. The lowest BCUT2D eigenvalue weighted by Gasteiger charge is -2.38. The average Bonchev–Trinajstić information content (AvgIpc) is 3.44. The number of halogens is 1. The minimum absolute atomic E-state index is 0.157. The second-order valence-electron chi connectivity index (χ2n) is 11.9. The van der Waals surface area contributed by atoms with Gasteiger partial charge in [0.1, 0.15) is 0 Å². The molecule has 41 heavy (non-hydrogen) atoms. The number of hydrogen-bond acceptors (Lipinski definition) is 6. The van der Waals surface area contributed by atoms with Crippen LogP contribution in [0.5, 0.6) is 0 Å². The van der Waals surface area contributed by atoms with Crippen LogP contribution in [0.1, 0.15) is 52.5 Å². The Labute approximate surface area is 246 Å². The minimum atomic E-state index is -0.673. The molecule has 1 fully saturated rings. The van der Waals surface area contributed by atoms with Gasteiger partial charge in [0.25, 0.3) is 5.89 Å². The number of hydrogen-bond donors (Lipinski definition) is 2. The van der Waals surface area contributed by atoms with Crippen molar-refractivity contribution in [1.29, 1.82) is 0 Å². The third-order valence-electron chi connectivity index (χ3n) is 7.94. The average molecular weight is 573 g/mol. The maximum absolute atomic E-state index is 11.9. The topological polar surface area (TPSA) is 91.5 Å². The van der Waals surface area contributed by atoms with Gasteiger partial charge in [-0.05, 0) is 82.4 Å². The van der Waals surface area contributed by atoms with Crippen molar-refractivity contribution in [2.24, 2.45) is 5.41 Å². The van der Waals surface area contributed by atoms with Crippen LogP contribution in [-0.2, 0) is 11.3 Å². The number of carboxylic acid groups (broad SMARTS) is 1.